The van der Waals surface area contributed by atoms with Gasteiger partial charge in [0, 0.05) is 16.9 Å². The summed E-state index contributed by atoms with van der Waals surface area (Å²) in [5.74, 6) is -3.69. The highest BCUT2D eigenvalue weighted by Gasteiger charge is 2.76. The van der Waals surface area contributed by atoms with Gasteiger partial charge in [-0.25, -0.2) is 9.59 Å². The molecule has 0 spiro atoms. The first-order valence-electron chi connectivity index (χ1n) is 32.5. The van der Waals surface area contributed by atoms with E-state index in [0.29, 0.717) is 64.2 Å². The summed E-state index contributed by atoms with van der Waals surface area (Å²) in [6, 6.07) is 0. The SMILES string of the molecule is CCCCOC(=O)[C@H]1O[C@@H](O[C@H]2CC[C@]3(C)[C@H]4CC=C5[C@@H]6CC(C)(C)[C@@H](OC(=O)/C=C(\C)CCC=C(C)C)[C@H](OC(=O)C(C)CC)[C@]6(CO)[C@H](O)[C@H](O)[C@@]5(C)[C@]4(C)CC[C@H]3C2(C)C)[C@H](O[C@@H]2O[C@H](CO)[C@@H](O)[C@H](O)[C@H]2O)[C@@H](O)[C@@H]1O[C@@H]1O[C@@H](CO)[C@H](O)[C@H]1O. The molecule has 8 rings (SSSR count). The van der Waals surface area contributed by atoms with Crippen LogP contribution in [0.15, 0.2) is 34.9 Å². The topological polar surface area (TPSA) is 357 Å². The van der Waals surface area contributed by atoms with E-state index in [1.807, 2.05) is 55.4 Å². The minimum Gasteiger partial charge on any atom is -0.464 e. The first kappa shape index (κ1) is 71.8. The third kappa shape index (κ3) is 12.8. The quantitative estimate of drug-likeness (QED) is 0.0196. The van der Waals surface area contributed by atoms with Gasteiger partial charge in [0.25, 0.3) is 0 Å². The minimum absolute atomic E-state index is 0.0493. The van der Waals surface area contributed by atoms with Gasteiger partial charge in [-0.3, -0.25) is 4.79 Å². The number of aliphatic hydroxyl groups excluding tert-OH is 11. The molecule has 23 nitrogen and oxygen atoms in total. The predicted octanol–water partition coefficient (Wildman–Crippen LogP) is 3.33. The fourth-order valence-electron chi connectivity index (χ4n) is 17.4. The van der Waals surface area contributed by atoms with Crippen LogP contribution in [0.3, 0.4) is 0 Å². The number of ether oxygens (including phenoxy) is 9. The van der Waals surface area contributed by atoms with Gasteiger partial charge in [0.2, 0.25) is 0 Å². The van der Waals surface area contributed by atoms with E-state index in [9.17, 15) is 70.6 Å². The van der Waals surface area contributed by atoms with Crippen molar-refractivity contribution < 1.29 is 113 Å². The van der Waals surface area contributed by atoms with E-state index in [0.717, 1.165) is 23.1 Å². The molecule has 0 radical (unpaired) electrons. The summed E-state index contributed by atoms with van der Waals surface area (Å²) < 4.78 is 55.8. The summed E-state index contributed by atoms with van der Waals surface area (Å²) in [4.78, 5) is 42.3. The molecule has 27 atom stereocenters. The molecule has 4 saturated carbocycles. The number of carbonyl (C=O) groups is 3. The van der Waals surface area contributed by atoms with Gasteiger partial charge in [0.1, 0.15) is 67.1 Å². The van der Waals surface area contributed by atoms with Crippen molar-refractivity contribution in [3.8, 4) is 0 Å². The van der Waals surface area contributed by atoms with Crippen LogP contribution in [0.2, 0.25) is 0 Å². The summed E-state index contributed by atoms with van der Waals surface area (Å²) in [5, 5.41) is 125. The highest BCUT2D eigenvalue weighted by molar-refractivity contribution is 5.83. The van der Waals surface area contributed by atoms with Crippen LogP contribution in [-0.2, 0) is 57.0 Å². The van der Waals surface area contributed by atoms with E-state index in [-0.39, 0.29) is 18.4 Å². The zero-order chi connectivity index (χ0) is 65.8. The molecular weight excluding hydrogens is 1160 g/mol. The summed E-state index contributed by atoms with van der Waals surface area (Å²) in [5.41, 5.74) is -2.87. The largest absolute Gasteiger partial charge is 0.464 e. The van der Waals surface area contributed by atoms with Crippen LogP contribution in [0.1, 0.15) is 161 Å². The van der Waals surface area contributed by atoms with Crippen LogP contribution in [0.5, 0.6) is 0 Å². The number of esters is 3. The highest BCUT2D eigenvalue weighted by Crippen LogP contribution is 2.76. The second kappa shape index (κ2) is 27.7. The zero-order valence-corrected chi connectivity index (χ0v) is 54.4. The van der Waals surface area contributed by atoms with Crippen molar-refractivity contribution in [2.75, 3.05) is 26.4 Å². The molecule has 11 N–H and O–H groups in total. The Morgan fingerprint density at radius 2 is 1.33 bits per heavy atom. The third-order valence-electron chi connectivity index (χ3n) is 23.1. The Morgan fingerprint density at radius 1 is 0.708 bits per heavy atom. The molecular formula is C66H106O23. The van der Waals surface area contributed by atoms with Gasteiger partial charge in [-0.1, -0.05) is 105 Å². The number of fused-ring (bicyclic) bond motifs is 7. The highest BCUT2D eigenvalue weighted by atomic mass is 16.8. The summed E-state index contributed by atoms with van der Waals surface area (Å²) in [6.45, 7) is 23.5. The molecule has 3 heterocycles. The van der Waals surface area contributed by atoms with E-state index < -0.39 is 199 Å². The molecule has 8 aliphatic rings. The average molecular weight is 1270 g/mol. The number of hydrogen-bond donors (Lipinski definition) is 11. The lowest BCUT2D eigenvalue weighted by Gasteiger charge is -2.73. The summed E-state index contributed by atoms with van der Waals surface area (Å²) in [6.07, 6.45) is -19.4. The van der Waals surface area contributed by atoms with E-state index in [2.05, 4.69) is 39.8 Å². The van der Waals surface area contributed by atoms with Crippen molar-refractivity contribution >= 4 is 17.9 Å². The number of hydrogen-bond acceptors (Lipinski definition) is 23. The lowest BCUT2D eigenvalue weighted by atomic mass is 9.32. The Labute approximate surface area is 524 Å². The number of carbonyl (C=O) groups excluding carboxylic acids is 3. The number of unbranched alkanes of at least 4 members (excludes halogenated alkanes) is 1. The molecule has 0 amide bonds. The molecule has 89 heavy (non-hydrogen) atoms. The first-order chi connectivity index (χ1) is 41.7. The maximum atomic E-state index is 14.2. The molecule has 0 aromatic rings. The normalized spacial score (nSPS) is 45.3. The summed E-state index contributed by atoms with van der Waals surface area (Å²) in [7, 11) is 0. The minimum atomic E-state index is -1.99. The van der Waals surface area contributed by atoms with Gasteiger partial charge in [-0.2, -0.15) is 0 Å². The van der Waals surface area contributed by atoms with Crippen molar-refractivity contribution in [2.24, 2.45) is 56.2 Å². The molecule has 7 fully saturated rings. The van der Waals surface area contributed by atoms with E-state index in [4.69, 9.17) is 42.6 Å². The van der Waals surface area contributed by atoms with Gasteiger partial charge in [-0.15, -0.1) is 0 Å². The number of rotatable bonds is 21. The van der Waals surface area contributed by atoms with Crippen molar-refractivity contribution in [1.82, 2.24) is 0 Å². The molecule has 5 aliphatic carbocycles. The van der Waals surface area contributed by atoms with Crippen LogP contribution in [0.4, 0.5) is 0 Å². The van der Waals surface area contributed by atoms with Crippen molar-refractivity contribution in [3.63, 3.8) is 0 Å². The Hall–Kier alpha value is -3.05. The maximum absolute atomic E-state index is 14.2. The van der Waals surface area contributed by atoms with Crippen molar-refractivity contribution in [3.05, 3.63) is 34.9 Å². The fraction of sp³-hybridized carbons (Fsp3) is 0.864. The van der Waals surface area contributed by atoms with Crippen LogP contribution in [-0.4, -0.2) is 217 Å². The Kier molecular flexibility index (Phi) is 22.4. The standard InChI is InChI=1S/C66H106O23/c1-14-16-26-81-57(80)51-49(86-58-46(74)44(72)38(30-68)83-58)48(76)50(87-59-47(75)45(73)43(71)37(29-67)82-59)60(88-51)84-41-23-24-63(11)39(62(41,9)10)22-25-64(12)40(63)21-20-35-36-28-61(7,8)54(85-42(70)27-33(5)19-17-18-32(3)4)55(89-56(79)34(6)15-2)66(36,31-69)53(78)52(77)65(35,64)13/h18,20,27,34,36-41,43-55,58-60,67-69,71-78H,14-17,19,21-26,28-31H2,1-13H3/b33-27+/t34?,36-,37+,38-,39-,40+,41-,43+,44-,45-,46+,47+,48-,49-,50+,51-,52-,53+,54-,55-,58-,59-,60+,63-,64+,65-,66-/m0/s1. The van der Waals surface area contributed by atoms with Crippen molar-refractivity contribution in [2.45, 2.75) is 277 Å². The molecule has 0 aromatic heterocycles. The van der Waals surface area contributed by atoms with Gasteiger partial charge in [0.05, 0.1) is 56.1 Å². The van der Waals surface area contributed by atoms with Crippen LogP contribution < -0.4 is 0 Å². The number of allylic oxidation sites excluding steroid dienone is 4. The molecule has 0 aromatic carbocycles. The fourth-order valence-corrected chi connectivity index (χ4v) is 17.4. The van der Waals surface area contributed by atoms with E-state index >= 15 is 0 Å². The monoisotopic (exact) mass is 1270 g/mol. The van der Waals surface area contributed by atoms with Gasteiger partial charge in [0.15, 0.2) is 31.1 Å². The lowest BCUT2D eigenvalue weighted by molar-refractivity contribution is -0.383. The molecule has 508 valence electrons. The second-order valence-corrected chi connectivity index (χ2v) is 29.4. The molecule has 3 aliphatic heterocycles. The van der Waals surface area contributed by atoms with E-state index in [1.54, 1.807) is 6.92 Å². The van der Waals surface area contributed by atoms with Crippen LogP contribution >= 0.6 is 0 Å². The zero-order valence-electron chi connectivity index (χ0n) is 54.4. The van der Waals surface area contributed by atoms with Gasteiger partial charge in [-0.05, 0) is 119 Å². The lowest BCUT2D eigenvalue weighted by Crippen LogP contribution is -2.76. The molecule has 23 heteroatoms. The van der Waals surface area contributed by atoms with Crippen molar-refractivity contribution in [1.29, 1.82) is 0 Å². The smallest absolute Gasteiger partial charge is 0.338 e. The van der Waals surface area contributed by atoms with Gasteiger partial charge >= 0.3 is 17.9 Å². The molecule has 3 saturated heterocycles. The predicted molar refractivity (Wildman–Crippen MR) is 318 cm³/mol. The third-order valence-corrected chi connectivity index (χ3v) is 23.1. The van der Waals surface area contributed by atoms with Crippen LogP contribution in [0, 0.1) is 56.2 Å². The van der Waals surface area contributed by atoms with E-state index in [1.165, 1.54) is 6.08 Å². The Balaban J connectivity index is 1.13. The second-order valence-electron chi connectivity index (χ2n) is 29.4. The average Bonchev–Trinajstić information content (AvgIpc) is 0.901. The Bertz CT molecular complexity index is 2570. The summed E-state index contributed by atoms with van der Waals surface area (Å²) >= 11 is 0. The van der Waals surface area contributed by atoms with Gasteiger partial charge < -0.3 is 98.8 Å². The first-order valence-corrected chi connectivity index (χ1v) is 32.5. The molecule has 1 unspecified atom stereocenters. The maximum Gasteiger partial charge on any atom is 0.338 e. The van der Waals surface area contributed by atoms with Crippen LogP contribution in [0.25, 0.3) is 0 Å². The number of aliphatic hydroxyl groups is 11. The Morgan fingerprint density at radius 3 is 1.92 bits per heavy atom. The molecule has 0 bridgehead atoms.